The average molecular weight is 531 g/mol. The molecule has 38 heavy (non-hydrogen) atoms. The minimum absolute atomic E-state index is 0.0843. The number of amides is 1. The smallest absolute Gasteiger partial charge is 0.339 e. The van der Waals surface area contributed by atoms with Crippen molar-refractivity contribution in [3.8, 4) is 11.1 Å². The molecule has 1 amide bonds. The predicted molar refractivity (Wildman–Crippen MR) is 148 cm³/mol. The fourth-order valence-corrected chi connectivity index (χ4v) is 4.43. The van der Waals surface area contributed by atoms with Gasteiger partial charge in [-0.15, -0.1) is 0 Å². The van der Waals surface area contributed by atoms with E-state index >= 15 is 0 Å². The van der Waals surface area contributed by atoms with Crippen molar-refractivity contribution in [1.29, 1.82) is 0 Å². The van der Waals surface area contributed by atoms with Crippen LogP contribution in [0.3, 0.4) is 0 Å². The quantitative estimate of drug-likeness (QED) is 0.150. The molecule has 2 aliphatic rings. The molecule has 2 aromatic rings. The van der Waals surface area contributed by atoms with Crippen LogP contribution in [0.5, 0.6) is 0 Å². The van der Waals surface area contributed by atoms with E-state index in [1.165, 1.54) is 29.8 Å². The Bertz CT molecular complexity index is 1480. The second-order valence-electron chi connectivity index (χ2n) is 9.48. The van der Waals surface area contributed by atoms with Crippen molar-refractivity contribution in [3.05, 3.63) is 116 Å². The fraction of sp³-hybridized carbons (Fsp3) is 0.200. The summed E-state index contributed by atoms with van der Waals surface area (Å²) < 4.78 is 5.65. The molecule has 0 saturated carbocycles. The van der Waals surface area contributed by atoms with Gasteiger partial charge in [-0.05, 0) is 72.4 Å². The molecule has 2 aliphatic carbocycles. The van der Waals surface area contributed by atoms with Crippen molar-refractivity contribution in [2.45, 2.75) is 39.7 Å². The fourth-order valence-electron chi connectivity index (χ4n) is 4.30. The first-order chi connectivity index (χ1) is 18.0. The van der Waals surface area contributed by atoms with Gasteiger partial charge in [0.25, 0.3) is 11.6 Å². The number of nitrogens with one attached hydrogen (secondary N) is 1. The van der Waals surface area contributed by atoms with Crippen molar-refractivity contribution >= 4 is 34.9 Å². The van der Waals surface area contributed by atoms with E-state index in [2.05, 4.69) is 31.3 Å². The highest BCUT2D eigenvalue weighted by atomic mass is 35.5. The molecule has 1 unspecified atom stereocenters. The number of halogens is 1. The van der Waals surface area contributed by atoms with Crippen LogP contribution in [-0.4, -0.2) is 16.8 Å². The standard InChI is InChI=1S/C30H27ClN2O5/c1-17(2)22-6-5-18(3)27-25(16-22)19(4)15-26(27)32-29(34)28(20-7-11-23(31)12-8-20)38-30(35)21-9-13-24(14-10-21)33(36)37/h5-17,28H,1-4H3,(H,32,34). The lowest BCUT2D eigenvalue weighted by Crippen LogP contribution is -2.26. The van der Waals surface area contributed by atoms with Crippen LogP contribution in [-0.2, 0) is 9.53 Å². The zero-order chi connectivity index (χ0) is 27.6. The Labute approximate surface area is 225 Å². The number of carbonyl (C=O) groups excluding carboxylic acids is 2. The molecule has 0 saturated heterocycles. The molecule has 194 valence electrons. The van der Waals surface area contributed by atoms with E-state index in [1.54, 1.807) is 24.3 Å². The summed E-state index contributed by atoms with van der Waals surface area (Å²) in [6, 6.07) is 19.6. The number of nitrogens with zero attached hydrogens (tertiary/aromatic N) is 1. The SMILES string of the molecule is Cc1cc(NC(=O)C(OC(=O)c2ccc([N+](=O)[O-])cc2)c2ccc(Cl)cc2)c2c(C)ccc(C(C)C)cc1-2. The summed E-state index contributed by atoms with van der Waals surface area (Å²) in [6.45, 7) is 8.25. The van der Waals surface area contributed by atoms with E-state index < -0.39 is 22.9 Å². The Morgan fingerprint density at radius 3 is 2.13 bits per heavy atom. The predicted octanol–water partition coefficient (Wildman–Crippen LogP) is 7.63. The zero-order valence-corrected chi connectivity index (χ0v) is 22.2. The van der Waals surface area contributed by atoms with E-state index in [1.807, 2.05) is 26.0 Å². The maximum absolute atomic E-state index is 13.6. The van der Waals surface area contributed by atoms with Gasteiger partial charge < -0.3 is 10.1 Å². The number of aryl methyl sites for hydroxylation is 2. The molecule has 8 heteroatoms. The number of anilines is 1. The first kappa shape index (κ1) is 26.8. The number of non-ortho nitro benzene ring substituents is 1. The van der Waals surface area contributed by atoms with Crippen LogP contribution < -0.4 is 5.32 Å². The van der Waals surface area contributed by atoms with E-state index in [-0.39, 0.29) is 11.3 Å². The van der Waals surface area contributed by atoms with Crippen molar-refractivity contribution in [2.24, 2.45) is 0 Å². The molecule has 2 aromatic carbocycles. The molecule has 0 bridgehead atoms. The van der Waals surface area contributed by atoms with Crippen LogP contribution in [0.25, 0.3) is 11.1 Å². The Morgan fingerprint density at radius 1 is 0.895 bits per heavy atom. The van der Waals surface area contributed by atoms with E-state index in [0.29, 0.717) is 22.2 Å². The van der Waals surface area contributed by atoms with Gasteiger partial charge in [0, 0.05) is 34.0 Å². The first-order valence-electron chi connectivity index (χ1n) is 12.1. The van der Waals surface area contributed by atoms with Crippen LogP contribution in [0.1, 0.15) is 58.5 Å². The molecule has 0 radical (unpaired) electrons. The first-order valence-corrected chi connectivity index (χ1v) is 12.5. The second-order valence-corrected chi connectivity index (χ2v) is 9.91. The van der Waals surface area contributed by atoms with Crippen molar-refractivity contribution in [3.63, 3.8) is 0 Å². The Kier molecular flexibility index (Phi) is 7.78. The van der Waals surface area contributed by atoms with Gasteiger partial charge in [-0.1, -0.05) is 55.8 Å². The summed E-state index contributed by atoms with van der Waals surface area (Å²) in [5.74, 6) is -0.988. The van der Waals surface area contributed by atoms with Gasteiger partial charge in [-0.25, -0.2) is 4.79 Å². The van der Waals surface area contributed by atoms with Gasteiger partial charge in [-0.3, -0.25) is 14.9 Å². The van der Waals surface area contributed by atoms with E-state index in [9.17, 15) is 19.7 Å². The number of ether oxygens (including phenoxy) is 1. The summed E-state index contributed by atoms with van der Waals surface area (Å²) in [5.41, 5.74) is 6.14. The number of nitro groups is 1. The minimum Gasteiger partial charge on any atom is -0.444 e. The third-order valence-corrected chi connectivity index (χ3v) is 6.68. The lowest BCUT2D eigenvalue weighted by molar-refractivity contribution is -0.384. The van der Waals surface area contributed by atoms with Crippen molar-refractivity contribution in [1.82, 2.24) is 0 Å². The Hall–Kier alpha value is -4.23. The third-order valence-electron chi connectivity index (χ3n) is 6.43. The molecular weight excluding hydrogens is 504 g/mol. The summed E-state index contributed by atoms with van der Waals surface area (Å²) in [6.07, 6.45) is -1.29. The van der Waals surface area contributed by atoms with Gasteiger partial charge in [0.15, 0.2) is 0 Å². The molecule has 0 aromatic heterocycles. The van der Waals surface area contributed by atoms with Gasteiger partial charge >= 0.3 is 5.97 Å². The Balaban J connectivity index is 1.67. The molecular formula is C30H27ClN2O5. The summed E-state index contributed by atoms with van der Waals surface area (Å²) >= 11 is 6.04. The highest BCUT2D eigenvalue weighted by molar-refractivity contribution is 6.30. The van der Waals surface area contributed by atoms with Gasteiger partial charge in [0.05, 0.1) is 10.5 Å². The number of hydrogen-bond donors (Lipinski definition) is 1. The lowest BCUT2D eigenvalue weighted by atomic mass is 10.0. The molecule has 4 rings (SSSR count). The van der Waals surface area contributed by atoms with E-state index in [0.717, 1.165) is 22.3 Å². The monoisotopic (exact) mass is 530 g/mol. The minimum atomic E-state index is -1.29. The van der Waals surface area contributed by atoms with Crippen LogP contribution in [0, 0.1) is 24.0 Å². The van der Waals surface area contributed by atoms with Crippen LogP contribution in [0.4, 0.5) is 11.4 Å². The van der Waals surface area contributed by atoms with Crippen LogP contribution >= 0.6 is 11.6 Å². The maximum Gasteiger partial charge on any atom is 0.339 e. The number of fused-ring (bicyclic) bond motifs is 1. The largest absolute Gasteiger partial charge is 0.444 e. The number of benzene rings is 2. The van der Waals surface area contributed by atoms with Gasteiger partial charge in [0.2, 0.25) is 6.10 Å². The maximum atomic E-state index is 13.6. The zero-order valence-electron chi connectivity index (χ0n) is 21.4. The molecule has 0 spiro atoms. The summed E-state index contributed by atoms with van der Waals surface area (Å²) in [5, 5.41) is 14.4. The molecule has 1 N–H and O–H groups in total. The lowest BCUT2D eigenvalue weighted by Gasteiger charge is -2.19. The van der Waals surface area contributed by atoms with Crippen LogP contribution in [0.15, 0.2) is 72.8 Å². The second kappa shape index (κ2) is 11.0. The number of nitro benzene ring substituents is 1. The molecule has 0 heterocycles. The highest BCUT2D eigenvalue weighted by Crippen LogP contribution is 2.40. The number of rotatable bonds is 7. The van der Waals surface area contributed by atoms with Crippen molar-refractivity contribution < 1.29 is 19.2 Å². The van der Waals surface area contributed by atoms with E-state index in [4.69, 9.17) is 16.3 Å². The molecule has 7 nitrogen and oxygen atoms in total. The van der Waals surface area contributed by atoms with Crippen LogP contribution in [0.2, 0.25) is 5.02 Å². The Morgan fingerprint density at radius 2 is 1.53 bits per heavy atom. The number of hydrogen-bond acceptors (Lipinski definition) is 5. The van der Waals surface area contributed by atoms with Crippen molar-refractivity contribution in [2.75, 3.05) is 5.32 Å². The van der Waals surface area contributed by atoms with Gasteiger partial charge in [0.1, 0.15) is 0 Å². The topological polar surface area (TPSA) is 98.5 Å². The molecule has 0 aliphatic heterocycles. The third kappa shape index (κ3) is 5.68. The van der Waals surface area contributed by atoms with Gasteiger partial charge in [-0.2, -0.15) is 0 Å². The normalized spacial score (nSPS) is 11.8. The average Bonchev–Trinajstić information content (AvgIpc) is 3.06. The summed E-state index contributed by atoms with van der Waals surface area (Å²) in [7, 11) is 0. The number of carbonyl (C=O) groups is 2. The number of esters is 1. The summed E-state index contributed by atoms with van der Waals surface area (Å²) in [4.78, 5) is 37.0. The molecule has 0 fully saturated rings. The highest BCUT2D eigenvalue weighted by Gasteiger charge is 2.28. The molecule has 1 atom stereocenters.